The molecule has 6 nitrogen and oxygen atoms in total. The van der Waals surface area contributed by atoms with Gasteiger partial charge in [-0.3, -0.25) is 9.69 Å². The molecule has 204 valence electrons. The molecule has 0 radical (unpaired) electrons. The van der Waals surface area contributed by atoms with E-state index in [0.717, 1.165) is 61.2 Å². The normalized spacial score (nSPS) is 28.1. The number of hydrogen-bond donors (Lipinski definition) is 1. The van der Waals surface area contributed by atoms with Gasteiger partial charge >= 0.3 is 0 Å². The number of piperidine rings is 1. The highest BCUT2D eigenvalue weighted by Crippen LogP contribution is 2.65. The maximum atomic E-state index is 13.8. The number of methoxy groups -OCH3 is 1. The molecule has 2 fully saturated rings. The molecule has 1 amide bonds. The highest BCUT2D eigenvalue weighted by Gasteiger charge is 2.67. The van der Waals surface area contributed by atoms with Gasteiger partial charge in [-0.05, 0) is 56.2 Å². The van der Waals surface area contributed by atoms with Crippen molar-refractivity contribution in [2.24, 2.45) is 11.8 Å². The SMILES string of the molecule is C=CCN1CC[C@]23c4c5c(O)cc(OC)c4O[C@H]2[C@@H](N(CC(C)C)C(=O)C#Cc2ccccc2)CC[C@H]3[C@H]1C5. The summed E-state index contributed by atoms with van der Waals surface area (Å²) < 4.78 is 12.7. The molecule has 2 bridgehead atoms. The van der Waals surface area contributed by atoms with E-state index in [0.29, 0.717) is 24.3 Å². The molecule has 39 heavy (non-hydrogen) atoms. The van der Waals surface area contributed by atoms with E-state index in [9.17, 15) is 9.90 Å². The highest BCUT2D eigenvalue weighted by molar-refractivity contribution is 5.94. The van der Waals surface area contributed by atoms with Crippen LogP contribution >= 0.6 is 0 Å². The van der Waals surface area contributed by atoms with Crippen LogP contribution in [0.5, 0.6) is 17.2 Å². The summed E-state index contributed by atoms with van der Waals surface area (Å²) in [6, 6.07) is 11.6. The number of ether oxygens (including phenoxy) is 2. The predicted molar refractivity (Wildman–Crippen MR) is 151 cm³/mol. The van der Waals surface area contributed by atoms with Crippen LogP contribution in [0.15, 0.2) is 49.1 Å². The Morgan fingerprint density at radius 1 is 1.33 bits per heavy atom. The molecule has 6 rings (SSSR count). The van der Waals surface area contributed by atoms with Gasteiger partial charge in [-0.2, -0.15) is 0 Å². The number of nitrogens with zero attached hydrogens (tertiary/aromatic N) is 2. The Morgan fingerprint density at radius 3 is 2.85 bits per heavy atom. The van der Waals surface area contributed by atoms with E-state index < -0.39 is 0 Å². The van der Waals surface area contributed by atoms with Crippen LogP contribution in [0.1, 0.15) is 49.8 Å². The van der Waals surface area contributed by atoms with Crippen LogP contribution < -0.4 is 9.47 Å². The number of carbonyl (C=O) groups excluding carboxylic acids is 1. The zero-order chi connectivity index (χ0) is 27.3. The molecule has 1 saturated carbocycles. The quantitative estimate of drug-likeness (QED) is 0.443. The first kappa shape index (κ1) is 25.8. The third-order valence-electron chi connectivity index (χ3n) is 9.39. The van der Waals surface area contributed by atoms with E-state index >= 15 is 0 Å². The number of carbonyl (C=O) groups is 1. The molecule has 2 heterocycles. The maximum absolute atomic E-state index is 13.8. The number of amides is 1. The minimum atomic E-state index is -0.275. The Balaban J connectivity index is 1.44. The molecular weight excluding hydrogens is 488 g/mol. The fraction of sp³-hybridized carbons (Fsp3) is 0.485. The van der Waals surface area contributed by atoms with Gasteiger partial charge in [0.2, 0.25) is 0 Å². The van der Waals surface area contributed by atoms with Gasteiger partial charge in [0.15, 0.2) is 11.5 Å². The minimum absolute atomic E-state index is 0.113. The summed E-state index contributed by atoms with van der Waals surface area (Å²) in [5, 5.41) is 11.2. The molecule has 1 saturated heterocycles. The highest BCUT2D eigenvalue weighted by atomic mass is 16.5. The average molecular weight is 527 g/mol. The molecule has 2 aliphatic carbocycles. The number of benzene rings is 2. The Bertz CT molecular complexity index is 1340. The minimum Gasteiger partial charge on any atom is -0.508 e. The first-order chi connectivity index (χ1) is 18.9. The van der Waals surface area contributed by atoms with Gasteiger partial charge in [-0.25, -0.2) is 0 Å². The Labute approximate surface area is 231 Å². The average Bonchev–Trinajstić information content (AvgIpc) is 3.27. The lowest BCUT2D eigenvalue weighted by Crippen LogP contribution is -2.69. The number of rotatable bonds is 6. The molecule has 1 spiro atoms. The van der Waals surface area contributed by atoms with Crippen molar-refractivity contribution in [1.29, 1.82) is 0 Å². The van der Waals surface area contributed by atoms with Crippen molar-refractivity contribution < 1.29 is 19.4 Å². The number of hydrogen-bond acceptors (Lipinski definition) is 5. The summed E-state index contributed by atoms with van der Waals surface area (Å²) in [5.74, 6) is 8.15. The predicted octanol–water partition coefficient (Wildman–Crippen LogP) is 4.53. The zero-order valence-corrected chi connectivity index (χ0v) is 23.2. The van der Waals surface area contributed by atoms with Crippen LogP contribution in [0.2, 0.25) is 0 Å². The molecule has 2 aliphatic heterocycles. The first-order valence-electron chi connectivity index (χ1n) is 14.2. The van der Waals surface area contributed by atoms with Crippen molar-refractivity contribution in [2.75, 3.05) is 26.7 Å². The van der Waals surface area contributed by atoms with Crippen LogP contribution in [0, 0.1) is 23.7 Å². The fourth-order valence-electron chi connectivity index (χ4n) is 8.00. The van der Waals surface area contributed by atoms with Gasteiger partial charge in [0.1, 0.15) is 11.9 Å². The molecule has 0 aromatic heterocycles. The van der Waals surface area contributed by atoms with Crippen LogP contribution in [0.3, 0.4) is 0 Å². The smallest absolute Gasteiger partial charge is 0.299 e. The lowest BCUT2D eigenvalue weighted by atomic mass is 9.50. The lowest BCUT2D eigenvalue weighted by Gasteiger charge is -2.60. The van der Waals surface area contributed by atoms with Crippen molar-refractivity contribution in [3.63, 3.8) is 0 Å². The van der Waals surface area contributed by atoms with Gasteiger partial charge in [0.05, 0.1) is 13.2 Å². The van der Waals surface area contributed by atoms with E-state index in [1.54, 1.807) is 13.2 Å². The van der Waals surface area contributed by atoms with Crippen molar-refractivity contribution in [2.45, 2.75) is 63.1 Å². The van der Waals surface area contributed by atoms with Crippen LogP contribution in [-0.4, -0.2) is 65.7 Å². The Hall–Kier alpha value is -3.43. The van der Waals surface area contributed by atoms with Gasteiger partial charge in [0, 0.05) is 53.2 Å². The van der Waals surface area contributed by atoms with E-state index in [1.807, 2.05) is 41.3 Å². The molecule has 2 aromatic carbocycles. The van der Waals surface area contributed by atoms with Crippen LogP contribution in [0.25, 0.3) is 0 Å². The summed E-state index contributed by atoms with van der Waals surface area (Å²) in [5.41, 5.74) is 2.66. The number of likely N-dealkylation sites (tertiary alicyclic amines) is 1. The van der Waals surface area contributed by atoms with E-state index in [4.69, 9.17) is 9.47 Å². The van der Waals surface area contributed by atoms with Crippen molar-refractivity contribution in [3.8, 4) is 29.1 Å². The molecule has 4 aliphatic rings. The van der Waals surface area contributed by atoms with E-state index in [1.165, 1.54) is 0 Å². The second-order valence-corrected chi connectivity index (χ2v) is 11.9. The summed E-state index contributed by atoms with van der Waals surface area (Å²) in [4.78, 5) is 18.3. The molecule has 1 N–H and O–H groups in total. The Morgan fingerprint density at radius 2 is 2.13 bits per heavy atom. The second kappa shape index (κ2) is 9.95. The zero-order valence-electron chi connectivity index (χ0n) is 23.2. The van der Waals surface area contributed by atoms with E-state index in [-0.39, 0.29) is 35.1 Å². The van der Waals surface area contributed by atoms with Crippen LogP contribution in [0.4, 0.5) is 0 Å². The van der Waals surface area contributed by atoms with Gasteiger partial charge in [-0.1, -0.05) is 44.0 Å². The standard InChI is InChI=1S/C33H38N2O4/c1-5-16-34-17-15-33-24-12-13-25(35(20-21(2)3)29(37)14-11-22-9-7-6-8-10-22)32(33)39-31-28(38-4)19-27(36)23(30(31)33)18-26(24)34/h5-10,19,21,24-26,32,36H,1,12-13,15-18,20H2,2-4H3/t24-,25-,26+,32-,33-/m0/s1. The van der Waals surface area contributed by atoms with Crippen molar-refractivity contribution >= 4 is 5.91 Å². The molecular formula is C33H38N2O4. The summed E-state index contributed by atoms with van der Waals surface area (Å²) in [6.07, 6.45) is 5.32. The number of phenolic OH excluding ortho intramolecular Hbond substituents is 1. The maximum Gasteiger partial charge on any atom is 0.299 e. The molecule has 5 atom stereocenters. The second-order valence-electron chi connectivity index (χ2n) is 11.9. The molecule has 2 aromatic rings. The van der Waals surface area contributed by atoms with Gasteiger partial charge in [0.25, 0.3) is 5.91 Å². The van der Waals surface area contributed by atoms with E-state index in [2.05, 4.69) is 37.2 Å². The number of phenols is 1. The molecule has 0 unspecified atom stereocenters. The topological polar surface area (TPSA) is 62.2 Å². The third-order valence-corrected chi connectivity index (χ3v) is 9.39. The summed E-state index contributed by atoms with van der Waals surface area (Å²) >= 11 is 0. The largest absolute Gasteiger partial charge is 0.508 e. The van der Waals surface area contributed by atoms with Gasteiger partial charge in [-0.15, -0.1) is 6.58 Å². The van der Waals surface area contributed by atoms with Crippen molar-refractivity contribution in [1.82, 2.24) is 9.80 Å². The van der Waals surface area contributed by atoms with Crippen LogP contribution in [-0.2, 0) is 16.6 Å². The lowest BCUT2D eigenvalue weighted by molar-refractivity contribution is -0.137. The monoisotopic (exact) mass is 526 g/mol. The summed E-state index contributed by atoms with van der Waals surface area (Å²) in [6.45, 7) is 10.7. The first-order valence-corrected chi connectivity index (χ1v) is 14.2. The molecule has 6 heteroatoms. The Kier molecular flexibility index (Phi) is 6.59. The fourth-order valence-corrected chi connectivity index (χ4v) is 8.00. The number of aromatic hydroxyl groups is 1. The third kappa shape index (κ3) is 4.02. The van der Waals surface area contributed by atoms with Crippen molar-refractivity contribution in [3.05, 3.63) is 65.7 Å². The van der Waals surface area contributed by atoms with Gasteiger partial charge < -0.3 is 19.5 Å². The summed E-state index contributed by atoms with van der Waals surface area (Å²) in [7, 11) is 1.63.